The second kappa shape index (κ2) is 8.26. The van der Waals surface area contributed by atoms with Crippen LogP contribution in [0.15, 0.2) is 24.3 Å². The number of hydrogen-bond donors (Lipinski definition) is 1. The summed E-state index contributed by atoms with van der Waals surface area (Å²) >= 11 is 0. The molecule has 2 aromatic heterocycles. The number of amides is 2. The molecule has 2 amide bonds. The van der Waals surface area contributed by atoms with E-state index in [1.165, 1.54) is 4.90 Å². The van der Waals surface area contributed by atoms with Crippen molar-refractivity contribution in [1.82, 2.24) is 19.7 Å². The van der Waals surface area contributed by atoms with E-state index in [0.29, 0.717) is 11.2 Å². The van der Waals surface area contributed by atoms with E-state index in [2.05, 4.69) is 15.4 Å². The molecule has 158 valence electrons. The summed E-state index contributed by atoms with van der Waals surface area (Å²) in [7, 11) is 3.46. The summed E-state index contributed by atoms with van der Waals surface area (Å²) in [5.41, 5.74) is 5.64. The predicted molar refractivity (Wildman–Crippen MR) is 119 cm³/mol. The molecule has 2 heterocycles. The molecule has 3 aromatic rings. The predicted octanol–water partition coefficient (Wildman–Crippen LogP) is 3.73. The second-order valence-corrected chi connectivity index (χ2v) is 8.11. The summed E-state index contributed by atoms with van der Waals surface area (Å²) in [5, 5.41) is 8.07. The summed E-state index contributed by atoms with van der Waals surface area (Å²) in [6.07, 6.45) is 0. The van der Waals surface area contributed by atoms with E-state index in [4.69, 9.17) is 0 Å². The Balaban J connectivity index is 1.88. The molecule has 7 nitrogen and oxygen atoms in total. The first-order valence-electron chi connectivity index (χ1n) is 10.1. The van der Waals surface area contributed by atoms with Gasteiger partial charge in [0.2, 0.25) is 5.91 Å². The number of carbonyl (C=O) groups is 2. The van der Waals surface area contributed by atoms with Gasteiger partial charge in [0.15, 0.2) is 5.65 Å². The highest BCUT2D eigenvalue weighted by Gasteiger charge is 2.23. The zero-order valence-electron chi connectivity index (χ0n) is 18.7. The minimum Gasteiger partial charge on any atom is -0.332 e. The molecule has 0 aliphatic rings. The third-order valence-electron chi connectivity index (χ3n) is 5.42. The number of rotatable bonds is 5. The van der Waals surface area contributed by atoms with Crippen LogP contribution in [0.1, 0.15) is 52.6 Å². The number of anilines is 1. The second-order valence-electron chi connectivity index (χ2n) is 8.11. The first-order chi connectivity index (χ1) is 14.1. The van der Waals surface area contributed by atoms with Gasteiger partial charge in [0.05, 0.1) is 23.2 Å². The van der Waals surface area contributed by atoms with Crippen molar-refractivity contribution >= 4 is 28.5 Å². The lowest BCUT2D eigenvalue weighted by Gasteiger charge is -2.19. The highest BCUT2D eigenvalue weighted by Crippen LogP contribution is 2.26. The molecule has 0 atom stereocenters. The summed E-state index contributed by atoms with van der Waals surface area (Å²) in [6, 6.07) is 7.59. The topological polar surface area (TPSA) is 80.1 Å². The number of benzene rings is 1. The van der Waals surface area contributed by atoms with Crippen LogP contribution in [0.4, 0.5) is 5.69 Å². The standard InChI is InChI=1S/C23H29N5O2/c1-13(2)19-11-17(21-16(5)26-28(7)22(21)25-19)23(30)27(6)12-20(29)24-18-10-8-9-14(3)15(18)4/h8-11,13H,12H2,1-7H3,(H,24,29). The Morgan fingerprint density at radius 1 is 1.20 bits per heavy atom. The van der Waals surface area contributed by atoms with E-state index in [-0.39, 0.29) is 24.3 Å². The van der Waals surface area contributed by atoms with E-state index in [1.807, 2.05) is 65.9 Å². The first kappa shape index (κ1) is 21.5. The van der Waals surface area contributed by atoms with Crippen LogP contribution in [-0.4, -0.2) is 45.1 Å². The Kier molecular flexibility index (Phi) is 5.92. The molecule has 0 saturated heterocycles. The normalized spacial score (nSPS) is 11.2. The largest absolute Gasteiger partial charge is 0.332 e. The summed E-state index contributed by atoms with van der Waals surface area (Å²) < 4.78 is 1.69. The van der Waals surface area contributed by atoms with E-state index >= 15 is 0 Å². The maximum atomic E-state index is 13.3. The van der Waals surface area contributed by atoms with Gasteiger partial charge < -0.3 is 10.2 Å². The first-order valence-corrected chi connectivity index (χ1v) is 10.1. The number of pyridine rings is 1. The molecular weight excluding hydrogens is 378 g/mol. The van der Waals surface area contributed by atoms with Gasteiger partial charge in [-0.25, -0.2) is 4.98 Å². The number of hydrogen-bond acceptors (Lipinski definition) is 4. The van der Waals surface area contributed by atoms with Crippen LogP contribution < -0.4 is 5.32 Å². The van der Waals surface area contributed by atoms with Crippen molar-refractivity contribution in [1.29, 1.82) is 0 Å². The molecule has 0 fully saturated rings. The Morgan fingerprint density at radius 3 is 2.57 bits per heavy atom. The number of aromatic nitrogens is 3. The molecule has 1 aromatic carbocycles. The fourth-order valence-electron chi connectivity index (χ4n) is 3.50. The van der Waals surface area contributed by atoms with Crippen LogP contribution in [0.3, 0.4) is 0 Å². The van der Waals surface area contributed by atoms with Crippen LogP contribution >= 0.6 is 0 Å². The van der Waals surface area contributed by atoms with Crippen LogP contribution in [0.5, 0.6) is 0 Å². The van der Waals surface area contributed by atoms with Gasteiger partial charge in [-0.3, -0.25) is 14.3 Å². The van der Waals surface area contributed by atoms with Gasteiger partial charge in [-0.05, 0) is 49.9 Å². The fourth-order valence-corrected chi connectivity index (χ4v) is 3.50. The number of nitrogens with zero attached hydrogens (tertiary/aromatic N) is 4. The van der Waals surface area contributed by atoms with Crippen LogP contribution in [0.2, 0.25) is 0 Å². The lowest BCUT2D eigenvalue weighted by molar-refractivity contribution is -0.116. The highest BCUT2D eigenvalue weighted by atomic mass is 16.2. The average molecular weight is 408 g/mol. The molecule has 0 spiro atoms. The number of fused-ring (bicyclic) bond motifs is 1. The maximum absolute atomic E-state index is 13.3. The zero-order valence-corrected chi connectivity index (χ0v) is 18.7. The van der Waals surface area contributed by atoms with Crippen molar-refractivity contribution in [2.75, 3.05) is 18.9 Å². The van der Waals surface area contributed by atoms with E-state index in [0.717, 1.165) is 33.6 Å². The van der Waals surface area contributed by atoms with E-state index < -0.39 is 0 Å². The SMILES string of the molecule is Cc1cccc(NC(=O)CN(C)C(=O)c2cc(C(C)C)nc3c2c(C)nn3C)c1C. The van der Waals surface area contributed by atoms with Gasteiger partial charge in [0.1, 0.15) is 0 Å². The minimum atomic E-state index is -0.239. The third-order valence-corrected chi connectivity index (χ3v) is 5.42. The van der Waals surface area contributed by atoms with Crippen molar-refractivity contribution in [2.45, 2.75) is 40.5 Å². The average Bonchev–Trinajstić information content (AvgIpc) is 2.98. The molecular formula is C23H29N5O2. The molecule has 0 bridgehead atoms. The van der Waals surface area contributed by atoms with E-state index in [9.17, 15) is 9.59 Å². The summed E-state index contributed by atoms with van der Waals surface area (Å²) in [4.78, 5) is 32.0. The number of aryl methyl sites for hydroxylation is 3. The Hall–Kier alpha value is -3.22. The van der Waals surface area contributed by atoms with Gasteiger partial charge in [-0.1, -0.05) is 26.0 Å². The molecule has 30 heavy (non-hydrogen) atoms. The van der Waals surface area contributed by atoms with Crippen molar-refractivity contribution in [2.24, 2.45) is 7.05 Å². The molecule has 0 unspecified atom stereocenters. The van der Waals surface area contributed by atoms with Crippen LogP contribution in [0, 0.1) is 20.8 Å². The molecule has 7 heteroatoms. The summed E-state index contributed by atoms with van der Waals surface area (Å²) in [6.45, 7) is 9.85. The summed E-state index contributed by atoms with van der Waals surface area (Å²) in [5.74, 6) is -0.303. The molecule has 0 radical (unpaired) electrons. The Morgan fingerprint density at radius 2 is 1.90 bits per heavy atom. The van der Waals surface area contributed by atoms with Crippen molar-refractivity contribution < 1.29 is 9.59 Å². The van der Waals surface area contributed by atoms with Gasteiger partial charge in [0.25, 0.3) is 5.91 Å². The lowest BCUT2D eigenvalue weighted by atomic mass is 10.0. The van der Waals surface area contributed by atoms with Crippen molar-refractivity contribution in [3.63, 3.8) is 0 Å². The number of likely N-dealkylation sites (N-methyl/N-ethyl adjacent to an activating group) is 1. The minimum absolute atomic E-state index is 0.0493. The molecule has 1 N–H and O–H groups in total. The van der Waals surface area contributed by atoms with Gasteiger partial charge in [-0.2, -0.15) is 5.10 Å². The third kappa shape index (κ3) is 4.06. The smallest absolute Gasteiger partial charge is 0.254 e. The van der Waals surface area contributed by atoms with Crippen molar-refractivity contribution in [3.8, 4) is 0 Å². The molecule has 3 rings (SSSR count). The molecule has 0 saturated carbocycles. The lowest BCUT2D eigenvalue weighted by Crippen LogP contribution is -2.35. The monoisotopic (exact) mass is 407 g/mol. The molecule has 0 aliphatic carbocycles. The van der Waals surface area contributed by atoms with E-state index in [1.54, 1.807) is 11.7 Å². The molecule has 0 aliphatic heterocycles. The highest BCUT2D eigenvalue weighted by molar-refractivity contribution is 6.08. The van der Waals surface area contributed by atoms with Gasteiger partial charge in [0, 0.05) is 25.5 Å². The van der Waals surface area contributed by atoms with Crippen LogP contribution in [0.25, 0.3) is 11.0 Å². The fraction of sp³-hybridized carbons (Fsp3) is 0.391. The van der Waals surface area contributed by atoms with Crippen molar-refractivity contribution in [3.05, 3.63) is 52.3 Å². The Labute approximate surface area is 177 Å². The van der Waals surface area contributed by atoms with Gasteiger partial charge in [-0.15, -0.1) is 0 Å². The van der Waals surface area contributed by atoms with Crippen LogP contribution in [-0.2, 0) is 11.8 Å². The maximum Gasteiger partial charge on any atom is 0.254 e. The number of nitrogens with one attached hydrogen (secondary N) is 1. The zero-order chi connectivity index (χ0) is 22.2. The number of carbonyl (C=O) groups excluding carboxylic acids is 2. The Bertz CT molecular complexity index is 1130. The quantitative estimate of drug-likeness (QED) is 0.699. The van der Waals surface area contributed by atoms with Gasteiger partial charge >= 0.3 is 0 Å².